The van der Waals surface area contributed by atoms with Gasteiger partial charge in [0, 0.05) is 31.7 Å². The van der Waals surface area contributed by atoms with E-state index >= 15 is 0 Å². The fraction of sp³-hybridized carbons (Fsp3) is 0.364. The Labute approximate surface area is 160 Å². The van der Waals surface area contributed by atoms with Gasteiger partial charge in [0.25, 0.3) is 11.8 Å². The van der Waals surface area contributed by atoms with Gasteiger partial charge < -0.3 is 14.5 Å². The molecule has 3 rings (SSSR count). The van der Waals surface area contributed by atoms with E-state index in [0.29, 0.717) is 31.7 Å². The van der Waals surface area contributed by atoms with Crippen LogP contribution in [0, 0.1) is 20.8 Å². The van der Waals surface area contributed by atoms with Crippen LogP contribution in [0.3, 0.4) is 0 Å². The van der Waals surface area contributed by atoms with Gasteiger partial charge in [0.05, 0.1) is 0 Å². The first kappa shape index (κ1) is 19.0. The predicted molar refractivity (Wildman–Crippen MR) is 105 cm³/mol. The van der Waals surface area contributed by atoms with Gasteiger partial charge in [-0.3, -0.25) is 9.59 Å². The highest BCUT2D eigenvalue weighted by Crippen LogP contribution is 2.22. The van der Waals surface area contributed by atoms with Gasteiger partial charge in [-0.15, -0.1) is 0 Å². The number of para-hydroxylation sites is 1. The molecule has 0 unspecified atom stereocenters. The van der Waals surface area contributed by atoms with E-state index in [4.69, 9.17) is 4.74 Å². The second-order valence-corrected chi connectivity index (χ2v) is 7.05. The summed E-state index contributed by atoms with van der Waals surface area (Å²) in [5.74, 6) is 0.757. The summed E-state index contributed by atoms with van der Waals surface area (Å²) in [7, 11) is 0. The van der Waals surface area contributed by atoms with E-state index in [0.717, 1.165) is 22.4 Å². The van der Waals surface area contributed by atoms with Gasteiger partial charge in [-0.1, -0.05) is 35.9 Å². The summed E-state index contributed by atoms with van der Waals surface area (Å²) in [6, 6.07) is 13.5. The molecule has 2 amide bonds. The van der Waals surface area contributed by atoms with E-state index in [-0.39, 0.29) is 18.4 Å². The van der Waals surface area contributed by atoms with Crippen molar-refractivity contribution in [2.45, 2.75) is 20.8 Å². The van der Waals surface area contributed by atoms with Crippen molar-refractivity contribution in [2.24, 2.45) is 0 Å². The molecule has 0 radical (unpaired) electrons. The summed E-state index contributed by atoms with van der Waals surface area (Å²) < 4.78 is 5.77. The van der Waals surface area contributed by atoms with Crippen LogP contribution in [-0.4, -0.2) is 54.4 Å². The minimum atomic E-state index is -0.0416. The Hall–Kier alpha value is -2.82. The second-order valence-electron chi connectivity index (χ2n) is 7.05. The zero-order valence-electron chi connectivity index (χ0n) is 16.2. The van der Waals surface area contributed by atoms with Crippen LogP contribution in [0.4, 0.5) is 0 Å². The molecule has 0 atom stereocenters. The molecule has 1 aliphatic rings. The van der Waals surface area contributed by atoms with E-state index in [1.165, 1.54) is 0 Å². The van der Waals surface area contributed by atoms with Crippen molar-refractivity contribution in [1.29, 1.82) is 0 Å². The molecule has 0 bridgehead atoms. The minimum absolute atomic E-state index is 0.0221. The third kappa shape index (κ3) is 4.48. The molecule has 1 saturated heterocycles. The number of piperazine rings is 1. The van der Waals surface area contributed by atoms with Crippen LogP contribution >= 0.6 is 0 Å². The third-order valence-electron chi connectivity index (χ3n) is 4.97. The second kappa shape index (κ2) is 8.25. The van der Waals surface area contributed by atoms with Crippen LogP contribution in [0.2, 0.25) is 0 Å². The number of amides is 2. The molecule has 142 valence electrons. The van der Waals surface area contributed by atoms with E-state index in [9.17, 15) is 9.59 Å². The third-order valence-corrected chi connectivity index (χ3v) is 4.97. The molecule has 2 aromatic rings. The Morgan fingerprint density at radius 3 is 2.00 bits per heavy atom. The first-order valence-corrected chi connectivity index (χ1v) is 9.28. The summed E-state index contributed by atoms with van der Waals surface area (Å²) in [4.78, 5) is 28.6. The fourth-order valence-corrected chi connectivity index (χ4v) is 3.29. The van der Waals surface area contributed by atoms with Crippen molar-refractivity contribution in [3.63, 3.8) is 0 Å². The van der Waals surface area contributed by atoms with Crippen molar-refractivity contribution in [2.75, 3.05) is 32.8 Å². The Kier molecular flexibility index (Phi) is 5.79. The van der Waals surface area contributed by atoms with Crippen LogP contribution < -0.4 is 4.74 Å². The molecule has 5 nitrogen and oxygen atoms in total. The normalized spacial score (nSPS) is 14.2. The number of nitrogens with zero attached hydrogens (tertiary/aromatic N) is 2. The molecule has 27 heavy (non-hydrogen) atoms. The summed E-state index contributed by atoms with van der Waals surface area (Å²) in [5, 5.41) is 0. The maximum absolute atomic E-state index is 12.6. The number of hydrogen-bond donors (Lipinski definition) is 0. The highest BCUT2D eigenvalue weighted by atomic mass is 16.5. The molecule has 1 aliphatic heterocycles. The Balaban J connectivity index is 1.52. The van der Waals surface area contributed by atoms with Gasteiger partial charge in [0.1, 0.15) is 5.75 Å². The first-order chi connectivity index (χ1) is 13.0. The van der Waals surface area contributed by atoms with Crippen molar-refractivity contribution >= 4 is 11.8 Å². The molecule has 0 aromatic heterocycles. The van der Waals surface area contributed by atoms with E-state index in [2.05, 4.69) is 0 Å². The smallest absolute Gasteiger partial charge is 0.260 e. The molecule has 1 fully saturated rings. The SMILES string of the molecule is Cc1ccc(C(=O)N2CCN(C(=O)COc3c(C)cccc3C)CC2)cc1. The standard InChI is InChI=1S/C22H26N2O3/c1-16-7-9-19(10-8-16)22(26)24-13-11-23(12-14-24)20(25)15-27-21-17(2)5-4-6-18(21)3/h4-10H,11-15H2,1-3H3. The Morgan fingerprint density at radius 1 is 0.852 bits per heavy atom. The van der Waals surface area contributed by atoms with Gasteiger partial charge >= 0.3 is 0 Å². The van der Waals surface area contributed by atoms with Crippen LogP contribution in [0.5, 0.6) is 5.75 Å². The minimum Gasteiger partial charge on any atom is -0.483 e. The molecule has 0 N–H and O–H groups in total. The Morgan fingerprint density at radius 2 is 1.41 bits per heavy atom. The van der Waals surface area contributed by atoms with E-state index < -0.39 is 0 Å². The Bertz CT molecular complexity index is 802. The molecule has 0 saturated carbocycles. The molecule has 0 spiro atoms. The van der Waals surface area contributed by atoms with Crippen molar-refractivity contribution in [1.82, 2.24) is 9.80 Å². The summed E-state index contributed by atoms with van der Waals surface area (Å²) in [5.41, 5.74) is 3.87. The maximum atomic E-state index is 12.6. The number of ether oxygens (including phenoxy) is 1. The van der Waals surface area contributed by atoms with Crippen LogP contribution in [0.1, 0.15) is 27.0 Å². The fourth-order valence-electron chi connectivity index (χ4n) is 3.29. The van der Waals surface area contributed by atoms with Crippen molar-refractivity contribution in [3.05, 3.63) is 64.7 Å². The highest BCUT2D eigenvalue weighted by molar-refractivity contribution is 5.94. The number of rotatable bonds is 4. The summed E-state index contributed by atoms with van der Waals surface area (Å²) >= 11 is 0. The van der Waals surface area contributed by atoms with Crippen LogP contribution in [0.15, 0.2) is 42.5 Å². The van der Waals surface area contributed by atoms with E-state index in [1.54, 1.807) is 9.80 Å². The number of benzene rings is 2. The molecule has 5 heteroatoms. The lowest BCUT2D eigenvalue weighted by Crippen LogP contribution is -2.51. The molecular weight excluding hydrogens is 340 g/mol. The number of carbonyl (C=O) groups is 2. The highest BCUT2D eigenvalue weighted by Gasteiger charge is 2.25. The van der Waals surface area contributed by atoms with Crippen LogP contribution in [0.25, 0.3) is 0 Å². The van der Waals surface area contributed by atoms with Crippen molar-refractivity contribution < 1.29 is 14.3 Å². The first-order valence-electron chi connectivity index (χ1n) is 9.28. The monoisotopic (exact) mass is 366 g/mol. The molecule has 2 aromatic carbocycles. The average Bonchev–Trinajstić information content (AvgIpc) is 2.67. The number of aryl methyl sites for hydroxylation is 3. The van der Waals surface area contributed by atoms with Gasteiger partial charge in [0.15, 0.2) is 6.61 Å². The van der Waals surface area contributed by atoms with Gasteiger partial charge in [0.2, 0.25) is 0 Å². The predicted octanol–water partition coefficient (Wildman–Crippen LogP) is 2.98. The largest absolute Gasteiger partial charge is 0.483 e. The molecular formula is C22H26N2O3. The summed E-state index contributed by atoms with van der Waals surface area (Å²) in [6.07, 6.45) is 0. The summed E-state index contributed by atoms with van der Waals surface area (Å²) in [6.45, 7) is 8.13. The molecule has 0 aliphatic carbocycles. The topological polar surface area (TPSA) is 49.9 Å². The number of hydrogen-bond acceptors (Lipinski definition) is 3. The quantitative estimate of drug-likeness (QED) is 0.836. The maximum Gasteiger partial charge on any atom is 0.260 e. The zero-order chi connectivity index (χ0) is 19.4. The lowest BCUT2D eigenvalue weighted by Gasteiger charge is -2.34. The molecule has 1 heterocycles. The lowest BCUT2D eigenvalue weighted by molar-refractivity contribution is -0.134. The van der Waals surface area contributed by atoms with E-state index in [1.807, 2.05) is 63.2 Å². The van der Waals surface area contributed by atoms with Crippen LogP contribution in [-0.2, 0) is 4.79 Å². The number of carbonyl (C=O) groups excluding carboxylic acids is 2. The van der Waals surface area contributed by atoms with Gasteiger partial charge in [-0.2, -0.15) is 0 Å². The average molecular weight is 366 g/mol. The van der Waals surface area contributed by atoms with Gasteiger partial charge in [-0.25, -0.2) is 0 Å². The van der Waals surface area contributed by atoms with Gasteiger partial charge in [-0.05, 0) is 44.0 Å². The van der Waals surface area contributed by atoms with Crippen molar-refractivity contribution in [3.8, 4) is 5.75 Å². The zero-order valence-corrected chi connectivity index (χ0v) is 16.2. The lowest BCUT2D eigenvalue weighted by atomic mass is 10.1.